The van der Waals surface area contributed by atoms with Crippen LogP contribution in [0.4, 0.5) is 0 Å². The first-order chi connectivity index (χ1) is 8.80. The van der Waals surface area contributed by atoms with Crippen LogP contribution in [0.15, 0.2) is 24.3 Å². The quantitative estimate of drug-likeness (QED) is 0.868. The number of thioether (sulfide) groups is 1. The Morgan fingerprint density at radius 3 is 2.83 bits per heavy atom. The van der Waals surface area contributed by atoms with Crippen molar-refractivity contribution in [1.29, 1.82) is 0 Å². The summed E-state index contributed by atoms with van der Waals surface area (Å²) in [5, 5.41) is 3.37. The number of aryl methyl sites for hydroxylation is 1. The van der Waals surface area contributed by atoms with Crippen LogP contribution in [0.2, 0.25) is 0 Å². The maximum absolute atomic E-state index is 4.77. The monoisotopic (exact) mass is 263 g/mol. The Hall–Kier alpha value is -1.00. The first-order valence-corrected chi connectivity index (χ1v) is 7.79. The van der Waals surface area contributed by atoms with E-state index in [4.69, 9.17) is 4.98 Å². The zero-order chi connectivity index (χ0) is 13.0. The number of hydrogen-bond donors (Lipinski definition) is 1. The Morgan fingerprint density at radius 1 is 1.39 bits per heavy atom. The number of benzene rings is 1. The van der Waals surface area contributed by atoms with Gasteiger partial charge in [0.1, 0.15) is 5.82 Å². The lowest BCUT2D eigenvalue weighted by atomic mass is 10.2. The smallest absolute Gasteiger partial charge is 0.111 e. The van der Waals surface area contributed by atoms with E-state index in [1.54, 1.807) is 0 Å². The highest BCUT2D eigenvalue weighted by Crippen LogP contribution is 2.17. The van der Waals surface area contributed by atoms with Crippen LogP contribution < -0.4 is 5.32 Å². The van der Waals surface area contributed by atoms with Gasteiger partial charge in [-0.25, -0.2) is 4.98 Å². The maximum Gasteiger partial charge on any atom is 0.111 e. The van der Waals surface area contributed by atoms with Gasteiger partial charge in [0.25, 0.3) is 0 Å². The molecule has 0 aliphatic carbocycles. The third-order valence-electron chi connectivity index (χ3n) is 3.25. The van der Waals surface area contributed by atoms with Crippen molar-refractivity contribution < 1.29 is 0 Å². The topological polar surface area (TPSA) is 29.9 Å². The van der Waals surface area contributed by atoms with Crippen LogP contribution in [0.25, 0.3) is 11.0 Å². The molecule has 0 radical (unpaired) electrons. The molecule has 1 unspecified atom stereocenters. The molecular weight excluding hydrogens is 242 g/mol. The molecule has 0 aliphatic heterocycles. The number of nitrogens with one attached hydrogen (secondary N) is 1. The minimum atomic E-state index is 0.488. The van der Waals surface area contributed by atoms with Crippen molar-refractivity contribution in [2.45, 2.75) is 25.9 Å². The lowest BCUT2D eigenvalue weighted by molar-refractivity contribution is 0.577. The predicted octanol–water partition coefficient (Wildman–Crippen LogP) is 2.55. The molecule has 0 amide bonds. The van der Waals surface area contributed by atoms with Crippen LogP contribution >= 0.6 is 11.8 Å². The molecule has 98 valence electrons. The molecule has 0 spiro atoms. The summed E-state index contributed by atoms with van der Waals surface area (Å²) in [6, 6.07) is 8.86. The van der Waals surface area contributed by atoms with Gasteiger partial charge in [0, 0.05) is 24.8 Å². The number of likely N-dealkylation sites (N-methyl/N-ethyl adjacent to an activating group) is 1. The lowest BCUT2D eigenvalue weighted by Gasteiger charge is -2.15. The normalized spacial score (nSPS) is 13.1. The summed E-state index contributed by atoms with van der Waals surface area (Å²) in [6.45, 7) is 3.16. The molecular formula is C14H21N3S. The SMILES string of the molecule is CCn1c(CC(CSC)NC)nc2ccccc21. The third kappa shape index (κ3) is 2.70. The molecule has 18 heavy (non-hydrogen) atoms. The number of imidazole rings is 1. The second-order valence-corrected chi connectivity index (χ2v) is 5.32. The summed E-state index contributed by atoms with van der Waals surface area (Å²) in [4.78, 5) is 4.77. The van der Waals surface area contributed by atoms with Gasteiger partial charge in [-0.3, -0.25) is 0 Å². The van der Waals surface area contributed by atoms with Crippen LogP contribution in [0.5, 0.6) is 0 Å². The molecule has 2 aromatic rings. The van der Waals surface area contributed by atoms with E-state index in [-0.39, 0.29) is 0 Å². The van der Waals surface area contributed by atoms with Crippen molar-refractivity contribution in [2.75, 3.05) is 19.1 Å². The highest BCUT2D eigenvalue weighted by Gasteiger charge is 2.13. The fourth-order valence-corrected chi connectivity index (χ4v) is 2.99. The summed E-state index contributed by atoms with van der Waals surface area (Å²) in [6.07, 6.45) is 3.13. The fourth-order valence-electron chi connectivity index (χ4n) is 2.30. The second-order valence-electron chi connectivity index (χ2n) is 4.41. The van der Waals surface area contributed by atoms with Crippen molar-refractivity contribution in [3.05, 3.63) is 30.1 Å². The van der Waals surface area contributed by atoms with Gasteiger partial charge in [-0.1, -0.05) is 12.1 Å². The molecule has 2 rings (SSSR count). The Balaban J connectivity index is 2.32. The minimum Gasteiger partial charge on any atom is -0.328 e. The van der Waals surface area contributed by atoms with Crippen LogP contribution in [0, 0.1) is 0 Å². The summed E-state index contributed by atoms with van der Waals surface area (Å²) in [7, 11) is 2.03. The lowest BCUT2D eigenvalue weighted by Crippen LogP contribution is -2.31. The summed E-state index contributed by atoms with van der Waals surface area (Å²) >= 11 is 1.87. The van der Waals surface area contributed by atoms with Gasteiger partial charge in [-0.05, 0) is 32.4 Å². The van der Waals surface area contributed by atoms with Crippen LogP contribution in [0.1, 0.15) is 12.7 Å². The Morgan fingerprint density at radius 2 is 2.17 bits per heavy atom. The second kappa shape index (κ2) is 6.25. The fraction of sp³-hybridized carbons (Fsp3) is 0.500. The third-order valence-corrected chi connectivity index (χ3v) is 3.99. The summed E-state index contributed by atoms with van der Waals surface area (Å²) in [5.41, 5.74) is 2.35. The maximum atomic E-state index is 4.77. The molecule has 1 N–H and O–H groups in total. The number of aromatic nitrogens is 2. The highest BCUT2D eigenvalue weighted by molar-refractivity contribution is 7.98. The molecule has 3 nitrogen and oxygen atoms in total. The Bertz CT molecular complexity index is 507. The van der Waals surface area contributed by atoms with E-state index < -0.39 is 0 Å². The van der Waals surface area contributed by atoms with E-state index in [1.807, 2.05) is 18.8 Å². The van der Waals surface area contributed by atoms with Gasteiger partial charge in [-0.15, -0.1) is 0 Å². The summed E-state index contributed by atoms with van der Waals surface area (Å²) in [5.74, 6) is 2.30. The van der Waals surface area contributed by atoms with Gasteiger partial charge in [-0.2, -0.15) is 11.8 Å². The number of fused-ring (bicyclic) bond motifs is 1. The van der Waals surface area contributed by atoms with Gasteiger partial charge >= 0.3 is 0 Å². The molecule has 0 aliphatic rings. The predicted molar refractivity (Wildman–Crippen MR) is 80.3 cm³/mol. The molecule has 0 saturated carbocycles. The highest BCUT2D eigenvalue weighted by atomic mass is 32.2. The van der Waals surface area contributed by atoms with Crippen molar-refractivity contribution >= 4 is 22.8 Å². The van der Waals surface area contributed by atoms with E-state index in [0.29, 0.717) is 6.04 Å². The molecule has 1 heterocycles. The molecule has 0 saturated heterocycles. The number of para-hydroxylation sites is 2. The van der Waals surface area contributed by atoms with Crippen molar-refractivity contribution in [1.82, 2.24) is 14.9 Å². The average Bonchev–Trinajstić information content (AvgIpc) is 2.75. The Labute approximate surface area is 113 Å². The standard InChI is InChI=1S/C14H21N3S/c1-4-17-13-8-6-5-7-12(13)16-14(17)9-11(15-2)10-18-3/h5-8,11,15H,4,9-10H2,1-3H3. The van der Waals surface area contributed by atoms with Crippen molar-refractivity contribution in [3.63, 3.8) is 0 Å². The zero-order valence-electron chi connectivity index (χ0n) is 11.3. The van der Waals surface area contributed by atoms with Crippen LogP contribution in [-0.2, 0) is 13.0 Å². The molecule has 0 bridgehead atoms. The van der Waals surface area contributed by atoms with Gasteiger partial charge in [0.05, 0.1) is 11.0 Å². The van der Waals surface area contributed by atoms with Crippen molar-refractivity contribution in [2.24, 2.45) is 0 Å². The molecule has 1 atom stereocenters. The number of hydrogen-bond acceptors (Lipinski definition) is 3. The number of nitrogens with zero attached hydrogens (tertiary/aromatic N) is 2. The largest absolute Gasteiger partial charge is 0.328 e. The average molecular weight is 263 g/mol. The first kappa shape index (κ1) is 13.4. The molecule has 0 fully saturated rings. The van der Waals surface area contributed by atoms with E-state index in [9.17, 15) is 0 Å². The van der Waals surface area contributed by atoms with E-state index in [0.717, 1.165) is 24.2 Å². The first-order valence-electron chi connectivity index (χ1n) is 6.40. The molecule has 1 aromatic heterocycles. The molecule has 4 heteroatoms. The van der Waals surface area contributed by atoms with E-state index >= 15 is 0 Å². The molecule has 1 aromatic carbocycles. The minimum absolute atomic E-state index is 0.488. The summed E-state index contributed by atoms with van der Waals surface area (Å²) < 4.78 is 2.32. The number of rotatable bonds is 6. The Kier molecular flexibility index (Phi) is 4.66. The van der Waals surface area contributed by atoms with Gasteiger partial charge in [0.15, 0.2) is 0 Å². The van der Waals surface area contributed by atoms with Gasteiger partial charge in [0.2, 0.25) is 0 Å². The van der Waals surface area contributed by atoms with E-state index in [1.165, 1.54) is 11.3 Å². The van der Waals surface area contributed by atoms with E-state index in [2.05, 4.69) is 47.3 Å². The van der Waals surface area contributed by atoms with Crippen LogP contribution in [0.3, 0.4) is 0 Å². The zero-order valence-corrected chi connectivity index (χ0v) is 12.1. The van der Waals surface area contributed by atoms with Crippen LogP contribution in [-0.4, -0.2) is 34.6 Å². The van der Waals surface area contributed by atoms with Gasteiger partial charge < -0.3 is 9.88 Å². The van der Waals surface area contributed by atoms with Crippen molar-refractivity contribution in [3.8, 4) is 0 Å².